The normalized spacial score (nSPS) is 12.5. The molecule has 1 aromatic heterocycles. The Morgan fingerprint density at radius 3 is 3.07 bits per heavy atom. The summed E-state index contributed by atoms with van der Waals surface area (Å²) in [4.78, 5) is 16.3. The number of nitrogens with one attached hydrogen (secondary N) is 1. The molecule has 0 aliphatic carbocycles. The predicted molar refractivity (Wildman–Crippen MR) is 60.1 cm³/mol. The molecule has 0 fully saturated rings. The van der Waals surface area contributed by atoms with E-state index in [1.165, 1.54) is 11.3 Å². The van der Waals surface area contributed by atoms with Crippen LogP contribution in [0.3, 0.4) is 0 Å². The minimum absolute atomic E-state index is 0.157. The van der Waals surface area contributed by atoms with Gasteiger partial charge in [0.2, 0.25) is 0 Å². The summed E-state index contributed by atoms with van der Waals surface area (Å²) in [5, 5.41) is 12.6. The van der Waals surface area contributed by atoms with Crippen molar-refractivity contribution in [3.8, 4) is 0 Å². The number of carbonyl (C=O) groups is 1. The topological polar surface area (TPSA) is 62.2 Å². The van der Waals surface area contributed by atoms with Gasteiger partial charge < -0.3 is 10.4 Å². The van der Waals surface area contributed by atoms with Gasteiger partial charge in [-0.1, -0.05) is 6.92 Å². The molecule has 5 heteroatoms. The molecule has 0 aliphatic heterocycles. The smallest absolute Gasteiger partial charge is 0.263 e. The van der Waals surface area contributed by atoms with Crippen LogP contribution in [-0.2, 0) is 6.42 Å². The molecule has 1 heterocycles. The number of rotatable bonds is 5. The van der Waals surface area contributed by atoms with Crippen molar-refractivity contribution in [1.82, 2.24) is 10.3 Å². The van der Waals surface area contributed by atoms with E-state index in [2.05, 4.69) is 17.2 Å². The lowest BCUT2D eigenvalue weighted by molar-refractivity contribution is 0.0928. The average Bonchev–Trinajstić information content (AvgIpc) is 2.63. The van der Waals surface area contributed by atoms with Gasteiger partial charge in [-0.05, 0) is 19.8 Å². The molecule has 15 heavy (non-hydrogen) atoms. The Kier molecular flexibility index (Phi) is 4.71. The SMILES string of the molecule is CCCc1ncc(C(=O)NCC(C)O)s1. The largest absolute Gasteiger partial charge is 0.392 e. The Hall–Kier alpha value is -0.940. The van der Waals surface area contributed by atoms with E-state index < -0.39 is 6.10 Å². The molecule has 4 nitrogen and oxygen atoms in total. The molecule has 1 atom stereocenters. The quantitative estimate of drug-likeness (QED) is 0.796. The molecule has 0 radical (unpaired) electrons. The summed E-state index contributed by atoms with van der Waals surface area (Å²) in [5.41, 5.74) is 0. The summed E-state index contributed by atoms with van der Waals surface area (Å²) in [6.45, 7) is 3.99. The maximum absolute atomic E-state index is 11.5. The van der Waals surface area contributed by atoms with E-state index in [9.17, 15) is 4.79 Å². The lowest BCUT2D eigenvalue weighted by atomic mass is 10.4. The van der Waals surface area contributed by atoms with Crippen LogP contribution < -0.4 is 5.32 Å². The highest BCUT2D eigenvalue weighted by molar-refractivity contribution is 7.13. The van der Waals surface area contributed by atoms with Gasteiger partial charge in [-0.25, -0.2) is 4.98 Å². The van der Waals surface area contributed by atoms with E-state index in [4.69, 9.17) is 5.11 Å². The first-order valence-electron chi connectivity index (χ1n) is 5.04. The van der Waals surface area contributed by atoms with Gasteiger partial charge in [0.05, 0.1) is 17.3 Å². The highest BCUT2D eigenvalue weighted by Gasteiger charge is 2.10. The average molecular weight is 228 g/mol. The lowest BCUT2D eigenvalue weighted by Gasteiger charge is -2.04. The maximum atomic E-state index is 11.5. The van der Waals surface area contributed by atoms with Crippen molar-refractivity contribution in [2.24, 2.45) is 0 Å². The molecule has 84 valence electrons. The molecular formula is C10H16N2O2S. The van der Waals surface area contributed by atoms with E-state index in [0.29, 0.717) is 4.88 Å². The van der Waals surface area contributed by atoms with Crippen LogP contribution in [0.15, 0.2) is 6.20 Å². The van der Waals surface area contributed by atoms with E-state index in [1.54, 1.807) is 13.1 Å². The Morgan fingerprint density at radius 1 is 1.73 bits per heavy atom. The number of hydrogen-bond acceptors (Lipinski definition) is 4. The monoisotopic (exact) mass is 228 g/mol. The van der Waals surface area contributed by atoms with Crippen LogP contribution >= 0.6 is 11.3 Å². The number of thiazole rings is 1. The minimum Gasteiger partial charge on any atom is -0.392 e. The highest BCUT2D eigenvalue weighted by Crippen LogP contribution is 2.14. The first-order chi connectivity index (χ1) is 7.13. The molecule has 1 unspecified atom stereocenters. The fourth-order valence-electron chi connectivity index (χ4n) is 1.07. The lowest BCUT2D eigenvalue weighted by Crippen LogP contribution is -2.29. The van der Waals surface area contributed by atoms with Crippen LogP contribution in [0.4, 0.5) is 0 Å². The number of aliphatic hydroxyl groups excluding tert-OH is 1. The summed E-state index contributed by atoms with van der Waals surface area (Å²) in [5.74, 6) is -0.157. The fourth-order valence-corrected chi connectivity index (χ4v) is 2.01. The van der Waals surface area contributed by atoms with Crippen molar-refractivity contribution in [3.63, 3.8) is 0 Å². The van der Waals surface area contributed by atoms with Gasteiger partial charge in [0.25, 0.3) is 5.91 Å². The van der Waals surface area contributed by atoms with Crippen molar-refractivity contribution in [1.29, 1.82) is 0 Å². The third-order valence-electron chi connectivity index (χ3n) is 1.80. The van der Waals surface area contributed by atoms with Crippen LogP contribution in [0.2, 0.25) is 0 Å². The Bertz CT molecular complexity index is 323. The molecule has 0 spiro atoms. The van der Waals surface area contributed by atoms with Crippen LogP contribution in [0.5, 0.6) is 0 Å². The molecule has 0 saturated heterocycles. The summed E-state index contributed by atoms with van der Waals surface area (Å²) < 4.78 is 0. The van der Waals surface area contributed by atoms with Gasteiger partial charge in [-0.3, -0.25) is 4.79 Å². The van der Waals surface area contributed by atoms with Crippen molar-refractivity contribution in [2.75, 3.05) is 6.54 Å². The molecule has 0 saturated carbocycles. The van der Waals surface area contributed by atoms with Gasteiger partial charge >= 0.3 is 0 Å². The van der Waals surface area contributed by atoms with Crippen molar-refractivity contribution in [3.05, 3.63) is 16.1 Å². The second kappa shape index (κ2) is 5.82. The summed E-state index contributed by atoms with van der Waals surface area (Å²) >= 11 is 1.41. The number of aryl methyl sites for hydroxylation is 1. The highest BCUT2D eigenvalue weighted by atomic mass is 32.1. The number of hydrogen-bond donors (Lipinski definition) is 2. The predicted octanol–water partition coefficient (Wildman–Crippen LogP) is 1.21. The van der Waals surface area contributed by atoms with E-state index >= 15 is 0 Å². The van der Waals surface area contributed by atoms with E-state index in [1.807, 2.05) is 0 Å². The Labute approximate surface area is 93.4 Å². The molecule has 0 aliphatic rings. The molecule has 1 amide bonds. The van der Waals surface area contributed by atoms with Gasteiger partial charge in [0.15, 0.2) is 0 Å². The van der Waals surface area contributed by atoms with E-state index in [-0.39, 0.29) is 12.5 Å². The third kappa shape index (κ3) is 3.97. The van der Waals surface area contributed by atoms with Crippen LogP contribution in [0, 0.1) is 0 Å². The molecule has 1 aromatic rings. The number of carbonyl (C=O) groups excluding carboxylic acids is 1. The zero-order chi connectivity index (χ0) is 11.3. The molecule has 0 aromatic carbocycles. The third-order valence-corrected chi connectivity index (χ3v) is 2.86. The number of aromatic nitrogens is 1. The first-order valence-corrected chi connectivity index (χ1v) is 5.86. The number of aliphatic hydroxyl groups is 1. The fraction of sp³-hybridized carbons (Fsp3) is 0.600. The first kappa shape index (κ1) is 12.1. The van der Waals surface area contributed by atoms with Crippen molar-refractivity contribution < 1.29 is 9.90 Å². The maximum Gasteiger partial charge on any atom is 0.263 e. The Morgan fingerprint density at radius 2 is 2.47 bits per heavy atom. The molecule has 1 rings (SSSR count). The van der Waals surface area contributed by atoms with Gasteiger partial charge in [-0.15, -0.1) is 11.3 Å². The summed E-state index contributed by atoms with van der Waals surface area (Å²) in [6, 6.07) is 0. The molecule has 2 N–H and O–H groups in total. The van der Waals surface area contributed by atoms with Gasteiger partial charge in [-0.2, -0.15) is 0 Å². The summed E-state index contributed by atoms with van der Waals surface area (Å²) in [7, 11) is 0. The molecular weight excluding hydrogens is 212 g/mol. The van der Waals surface area contributed by atoms with Crippen LogP contribution in [0.1, 0.15) is 34.9 Å². The zero-order valence-electron chi connectivity index (χ0n) is 8.99. The van der Waals surface area contributed by atoms with Crippen molar-refractivity contribution >= 4 is 17.2 Å². The second-order valence-electron chi connectivity index (χ2n) is 3.43. The molecule has 0 bridgehead atoms. The van der Waals surface area contributed by atoms with Gasteiger partial charge in [0.1, 0.15) is 4.88 Å². The minimum atomic E-state index is -0.517. The number of nitrogens with zero attached hydrogens (tertiary/aromatic N) is 1. The zero-order valence-corrected chi connectivity index (χ0v) is 9.80. The summed E-state index contributed by atoms with van der Waals surface area (Å²) in [6.07, 6.45) is 3.01. The standard InChI is InChI=1S/C10H16N2O2S/c1-3-4-9-11-6-8(15-9)10(14)12-5-7(2)13/h6-7,13H,3-5H2,1-2H3,(H,12,14). The van der Waals surface area contributed by atoms with Crippen molar-refractivity contribution in [2.45, 2.75) is 32.8 Å². The van der Waals surface area contributed by atoms with Gasteiger partial charge in [0, 0.05) is 6.54 Å². The number of amides is 1. The van der Waals surface area contributed by atoms with Crippen LogP contribution in [0.25, 0.3) is 0 Å². The van der Waals surface area contributed by atoms with Crippen LogP contribution in [-0.4, -0.2) is 28.6 Å². The Balaban J connectivity index is 2.50. The van der Waals surface area contributed by atoms with E-state index in [0.717, 1.165) is 17.8 Å². The second-order valence-corrected chi connectivity index (χ2v) is 4.54.